The zero-order valence-electron chi connectivity index (χ0n) is 8.62. The summed E-state index contributed by atoms with van der Waals surface area (Å²) in [6.45, 7) is 4.25. The monoisotopic (exact) mass is 200 g/mol. The number of carbonyl (C=O) groups is 2. The van der Waals surface area contributed by atoms with Crippen LogP contribution in [0.4, 0.5) is 0 Å². The van der Waals surface area contributed by atoms with E-state index in [1.54, 1.807) is 13.8 Å². The minimum absolute atomic E-state index is 0.267. The predicted molar refractivity (Wildman–Crippen MR) is 49.5 cm³/mol. The van der Waals surface area contributed by atoms with Gasteiger partial charge >= 0.3 is 11.9 Å². The molecular weight excluding hydrogens is 184 g/mol. The van der Waals surface area contributed by atoms with E-state index in [1.807, 2.05) is 0 Å². The fraction of sp³-hybridized carbons (Fsp3) is 0.800. The summed E-state index contributed by atoms with van der Waals surface area (Å²) in [5.41, 5.74) is 0. The average Bonchev–Trinajstić information content (AvgIpc) is 2.02. The van der Waals surface area contributed by atoms with Gasteiger partial charge in [0.1, 0.15) is 0 Å². The van der Waals surface area contributed by atoms with Crippen LogP contribution in [0.3, 0.4) is 0 Å². The molecule has 4 heteroatoms. The summed E-state index contributed by atoms with van der Waals surface area (Å²) in [6.07, 6.45) is 1.48. The maximum Gasteiger partial charge on any atom is 0.309 e. The van der Waals surface area contributed by atoms with E-state index >= 15 is 0 Å². The molecule has 1 rings (SSSR count). The first-order valence-electron chi connectivity index (χ1n) is 5.04. The van der Waals surface area contributed by atoms with Gasteiger partial charge in [0.15, 0.2) is 0 Å². The van der Waals surface area contributed by atoms with E-state index in [2.05, 4.69) is 0 Å². The molecule has 1 aliphatic carbocycles. The van der Waals surface area contributed by atoms with Crippen LogP contribution in [0.25, 0.3) is 0 Å². The molecule has 0 radical (unpaired) electrons. The number of hydrogen-bond acceptors (Lipinski definition) is 4. The third-order valence-electron chi connectivity index (χ3n) is 2.45. The number of carbonyl (C=O) groups excluding carboxylic acids is 2. The lowest BCUT2D eigenvalue weighted by molar-refractivity contribution is -0.166. The molecule has 2 atom stereocenters. The molecule has 0 bridgehead atoms. The molecule has 0 saturated heterocycles. The topological polar surface area (TPSA) is 52.6 Å². The minimum Gasteiger partial charge on any atom is -0.466 e. The second-order valence-corrected chi connectivity index (χ2v) is 3.29. The van der Waals surface area contributed by atoms with Crippen molar-refractivity contribution in [1.29, 1.82) is 0 Å². The quantitative estimate of drug-likeness (QED) is 0.638. The van der Waals surface area contributed by atoms with E-state index in [0.717, 1.165) is 12.8 Å². The van der Waals surface area contributed by atoms with Crippen LogP contribution in [-0.2, 0) is 19.1 Å². The smallest absolute Gasteiger partial charge is 0.309 e. The Morgan fingerprint density at radius 2 is 1.36 bits per heavy atom. The number of esters is 2. The number of rotatable bonds is 4. The first-order chi connectivity index (χ1) is 6.70. The fourth-order valence-corrected chi connectivity index (χ4v) is 1.56. The highest BCUT2D eigenvalue weighted by molar-refractivity contribution is 5.83. The van der Waals surface area contributed by atoms with Crippen molar-refractivity contribution in [3.63, 3.8) is 0 Å². The molecule has 0 N–H and O–H groups in total. The van der Waals surface area contributed by atoms with Crippen molar-refractivity contribution >= 4 is 11.9 Å². The lowest BCUT2D eigenvalue weighted by atomic mass is 9.74. The Kier molecular flexibility index (Phi) is 3.92. The highest BCUT2D eigenvalue weighted by Crippen LogP contribution is 2.36. The Labute approximate surface area is 83.6 Å². The summed E-state index contributed by atoms with van der Waals surface area (Å²) in [7, 11) is 0. The summed E-state index contributed by atoms with van der Waals surface area (Å²) in [6, 6.07) is 0. The van der Waals surface area contributed by atoms with E-state index in [9.17, 15) is 9.59 Å². The Morgan fingerprint density at radius 1 is 1.00 bits per heavy atom. The van der Waals surface area contributed by atoms with E-state index in [1.165, 1.54) is 0 Å². The van der Waals surface area contributed by atoms with Gasteiger partial charge in [-0.25, -0.2) is 0 Å². The minimum atomic E-state index is -0.269. The largest absolute Gasteiger partial charge is 0.466 e. The molecule has 1 saturated carbocycles. The van der Waals surface area contributed by atoms with Crippen molar-refractivity contribution in [3.8, 4) is 0 Å². The lowest BCUT2D eigenvalue weighted by Crippen LogP contribution is -2.40. The fourth-order valence-electron chi connectivity index (χ4n) is 1.56. The summed E-state index contributed by atoms with van der Waals surface area (Å²) < 4.78 is 9.72. The SMILES string of the molecule is CCOC(=O)[C@@H]1CC[C@H]1C(=O)OCC. The van der Waals surface area contributed by atoms with Gasteiger partial charge in [-0.15, -0.1) is 0 Å². The molecule has 0 aromatic rings. The van der Waals surface area contributed by atoms with Crippen molar-refractivity contribution in [2.24, 2.45) is 11.8 Å². The first kappa shape index (κ1) is 11.0. The van der Waals surface area contributed by atoms with Crippen molar-refractivity contribution in [2.75, 3.05) is 13.2 Å². The highest BCUT2D eigenvalue weighted by Gasteiger charge is 2.43. The van der Waals surface area contributed by atoms with E-state index in [0.29, 0.717) is 13.2 Å². The van der Waals surface area contributed by atoms with Crippen LogP contribution in [0.1, 0.15) is 26.7 Å². The van der Waals surface area contributed by atoms with Gasteiger partial charge in [0.2, 0.25) is 0 Å². The molecule has 1 aliphatic rings. The molecule has 0 heterocycles. The van der Waals surface area contributed by atoms with Gasteiger partial charge < -0.3 is 9.47 Å². The molecule has 14 heavy (non-hydrogen) atoms. The van der Waals surface area contributed by atoms with Gasteiger partial charge in [0.05, 0.1) is 25.0 Å². The van der Waals surface area contributed by atoms with Crippen LogP contribution in [0.15, 0.2) is 0 Å². The zero-order valence-corrected chi connectivity index (χ0v) is 8.62. The zero-order chi connectivity index (χ0) is 10.6. The predicted octanol–water partition coefficient (Wildman–Crippen LogP) is 1.14. The molecule has 80 valence electrons. The Morgan fingerprint density at radius 3 is 1.57 bits per heavy atom. The van der Waals surface area contributed by atoms with Gasteiger partial charge in [-0.2, -0.15) is 0 Å². The first-order valence-corrected chi connectivity index (χ1v) is 5.04. The second-order valence-electron chi connectivity index (χ2n) is 3.29. The second kappa shape index (κ2) is 4.98. The Bertz CT molecular complexity index is 200. The molecule has 1 fully saturated rings. The van der Waals surface area contributed by atoms with E-state index in [-0.39, 0.29) is 23.8 Å². The highest BCUT2D eigenvalue weighted by atomic mass is 16.5. The maximum absolute atomic E-state index is 11.3. The van der Waals surface area contributed by atoms with Crippen LogP contribution < -0.4 is 0 Å². The van der Waals surface area contributed by atoms with E-state index < -0.39 is 0 Å². The summed E-state index contributed by atoms with van der Waals surface area (Å²) in [5.74, 6) is -1.07. The molecule has 0 aromatic heterocycles. The van der Waals surface area contributed by atoms with Crippen molar-refractivity contribution in [3.05, 3.63) is 0 Å². The van der Waals surface area contributed by atoms with Gasteiger partial charge in [-0.05, 0) is 26.7 Å². The Hall–Kier alpha value is -1.06. The Balaban J connectivity index is 2.41. The van der Waals surface area contributed by atoms with Crippen molar-refractivity contribution < 1.29 is 19.1 Å². The number of ether oxygens (including phenoxy) is 2. The van der Waals surface area contributed by atoms with Crippen LogP contribution in [0, 0.1) is 11.8 Å². The molecule has 0 amide bonds. The maximum atomic E-state index is 11.3. The van der Waals surface area contributed by atoms with Gasteiger partial charge in [0, 0.05) is 0 Å². The molecule has 4 nitrogen and oxygen atoms in total. The molecule has 0 aromatic carbocycles. The molecular formula is C10H16O4. The van der Waals surface area contributed by atoms with Gasteiger partial charge in [0.25, 0.3) is 0 Å². The third kappa shape index (κ3) is 2.25. The third-order valence-corrected chi connectivity index (χ3v) is 2.45. The van der Waals surface area contributed by atoms with Crippen LogP contribution in [-0.4, -0.2) is 25.2 Å². The van der Waals surface area contributed by atoms with Crippen molar-refractivity contribution in [1.82, 2.24) is 0 Å². The summed E-state index contributed by atoms with van der Waals surface area (Å²) in [4.78, 5) is 22.6. The van der Waals surface area contributed by atoms with Crippen LogP contribution in [0.2, 0.25) is 0 Å². The van der Waals surface area contributed by atoms with Gasteiger partial charge in [-0.3, -0.25) is 9.59 Å². The number of hydrogen-bond donors (Lipinski definition) is 0. The van der Waals surface area contributed by atoms with Gasteiger partial charge in [-0.1, -0.05) is 0 Å². The van der Waals surface area contributed by atoms with Crippen LogP contribution >= 0.6 is 0 Å². The summed E-state index contributed by atoms with van der Waals surface area (Å²) in [5, 5.41) is 0. The molecule has 0 spiro atoms. The van der Waals surface area contributed by atoms with E-state index in [4.69, 9.17) is 9.47 Å². The standard InChI is InChI=1S/C10H16O4/c1-3-13-9(11)7-5-6-8(7)10(12)14-4-2/h7-8H,3-6H2,1-2H3/t7-,8-/m1/s1. The van der Waals surface area contributed by atoms with Crippen LogP contribution in [0.5, 0.6) is 0 Å². The summed E-state index contributed by atoms with van der Waals surface area (Å²) >= 11 is 0. The average molecular weight is 200 g/mol. The van der Waals surface area contributed by atoms with Crippen molar-refractivity contribution in [2.45, 2.75) is 26.7 Å². The molecule has 0 aliphatic heterocycles. The normalized spacial score (nSPS) is 25.0. The molecule has 0 unspecified atom stereocenters. The lowest BCUT2D eigenvalue weighted by Gasteiger charge is -2.32.